The van der Waals surface area contributed by atoms with Gasteiger partial charge >= 0.3 is 0 Å². The van der Waals surface area contributed by atoms with Crippen molar-refractivity contribution in [2.75, 3.05) is 34.0 Å². The Balaban J connectivity index is 3.26. The van der Waals surface area contributed by atoms with Crippen LogP contribution < -0.4 is 4.43 Å². The lowest BCUT2D eigenvalue weighted by Gasteiger charge is -2.36. The molecule has 28 heavy (non-hydrogen) atoms. The van der Waals surface area contributed by atoms with Crippen LogP contribution in [0.15, 0.2) is 29.8 Å². The predicted molar refractivity (Wildman–Crippen MR) is 120 cm³/mol. The van der Waals surface area contributed by atoms with E-state index in [4.69, 9.17) is 18.6 Å². The molecular weight excluding hydrogens is 368 g/mol. The third kappa shape index (κ3) is 6.94. The molecule has 0 aliphatic heterocycles. The average molecular weight is 409 g/mol. The largest absolute Gasteiger partial charge is 0.543 e. The monoisotopic (exact) mass is 408 g/mol. The fourth-order valence-electron chi connectivity index (χ4n) is 2.50. The molecule has 0 aliphatic carbocycles. The highest BCUT2D eigenvalue weighted by Gasteiger charge is 2.39. The van der Waals surface area contributed by atoms with Crippen LogP contribution in [0.2, 0.25) is 18.1 Å². The lowest BCUT2D eigenvalue weighted by Crippen LogP contribution is -2.43. The SMILES string of the molecule is COCCOC/C(=C(/OC)c1cccc(O[Si](C)(C)C(C)(C)C)c1)C(C)(C)C. The first-order chi connectivity index (χ1) is 12.8. The summed E-state index contributed by atoms with van der Waals surface area (Å²) in [6.07, 6.45) is 0. The Morgan fingerprint density at radius 2 is 1.61 bits per heavy atom. The van der Waals surface area contributed by atoms with Gasteiger partial charge in [-0.05, 0) is 35.7 Å². The highest BCUT2D eigenvalue weighted by molar-refractivity contribution is 6.74. The van der Waals surface area contributed by atoms with Crippen molar-refractivity contribution in [3.05, 3.63) is 35.4 Å². The maximum atomic E-state index is 6.49. The first kappa shape index (κ1) is 24.7. The maximum Gasteiger partial charge on any atom is 0.250 e. The van der Waals surface area contributed by atoms with Gasteiger partial charge < -0.3 is 18.6 Å². The minimum Gasteiger partial charge on any atom is -0.543 e. The molecule has 1 aromatic carbocycles. The summed E-state index contributed by atoms with van der Waals surface area (Å²) < 4.78 is 23.3. The number of benzene rings is 1. The molecule has 0 radical (unpaired) electrons. The summed E-state index contributed by atoms with van der Waals surface area (Å²) in [6.45, 7) is 19.4. The minimum absolute atomic E-state index is 0.0886. The second-order valence-corrected chi connectivity index (χ2v) is 14.4. The molecule has 0 unspecified atom stereocenters. The van der Waals surface area contributed by atoms with Gasteiger partial charge in [-0.1, -0.05) is 53.7 Å². The molecule has 0 amide bonds. The summed E-state index contributed by atoms with van der Waals surface area (Å²) in [6, 6.07) is 8.21. The smallest absolute Gasteiger partial charge is 0.250 e. The zero-order valence-corrected chi connectivity index (χ0v) is 20.6. The topological polar surface area (TPSA) is 36.9 Å². The highest BCUT2D eigenvalue weighted by atomic mass is 28.4. The van der Waals surface area contributed by atoms with E-state index in [-0.39, 0.29) is 10.5 Å². The number of rotatable bonds is 9. The molecule has 4 nitrogen and oxygen atoms in total. The van der Waals surface area contributed by atoms with Gasteiger partial charge in [0.05, 0.1) is 26.9 Å². The molecule has 0 aromatic heterocycles. The van der Waals surface area contributed by atoms with E-state index >= 15 is 0 Å². The molecule has 1 rings (SSSR count). The number of hydrogen-bond donors (Lipinski definition) is 0. The molecule has 0 N–H and O–H groups in total. The lowest BCUT2D eigenvalue weighted by molar-refractivity contribution is 0.0764. The fourth-order valence-corrected chi connectivity index (χ4v) is 3.53. The summed E-state index contributed by atoms with van der Waals surface area (Å²) in [5, 5.41) is 0.148. The van der Waals surface area contributed by atoms with Gasteiger partial charge in [0.25, 0.3) is 0 Å². The van der Waals surface area contributed by atoms with Crippen molar-refractivity contribution in [3.8, 4) is 5.75 Å². The van der Waals surface area contributed by atoms with Crippen LogP contribution in [0.25, 0.3) is 5.76 Å². The summed E-state index contributed by atoms with van der Waals surface area (Å²) in [5.74, 6) is 1.75. The van der Waals surface area contributed by atoms with Gasteiger partial charge in [-0.3, -0.25) is 0 Å². The number of methoxy groups -OCH3 is 2. The Hall–Kier alpha value is -1.30. The van der Waals surface area contributed by atoms with Crippen molar-refractivity contribution >= 4 is 14.1 Å². The van der Waals surface area contributed by atoms with Crippen molar-refractivity contribution in [1.82, 2.24) is 0 Å². The molecule has 0 heterocycles. The van der Waals surface area contributed by atoms with Crippen molar-refractivity contribution in [2.24, 2.45) is 5.41 Å². The molecule has 0 saturated heterocycles. The molecule has 0 fully saturated rings. The predicted octanol–water partition coefficient (Wildman–Crippen LogP) is 6.14. The van der Waals surface area contributed by atoms with E-state index in [0.717, 1.165) is 22.6 Å². The Bertz CT molecular complexity index is 651. The van der Waals surface area contributed by atoms with Crippen LogP contribution in [-0.2, 0) is 14.2 Å². The maximum absolute atomic E-state index is 6.49. The van der Waals surface area contributed by atoms with Crippen LogP contribution in [0.4, 0.5) is 0 Å². The summed E-state index contributed by atoms with van der Waals surface area (Å²) in [7, 11) is 1.50. The van der Waals surface area contributed by atoms with E-state index in [0.29, 0.717) is 19.8 Å². The third-order valence-electron chi connectivity index (χ3n) is 5.34. The average Bonchev–Trinajstić information content (AvgIpc) is 2.55. The minimum atomic E-state index is -1.90. The normalized spacial score (nSPS) is 13.9. The molecule has 5 heteroatoms. The van der Waals surface area contributed by atoms with Crippen LogP contribution in [0, 0.1) is 5.41 Å². The van der Waals surface area contributed by atoms with Crippen LogP contribution in [0.3, 0.4) is 0 Å². The van der Waals surface area contributed by atoms with E-state index in [1.807, 2.05) is 12.1 Å². The zero-order valence-electron chi connectivity index (χ0n) is 19.6. The standard InChI is InChI=1S/C23H40O4Si/c1-22(2,3)20(17-26-15-14-24-7)21(25-8)18-12-11-13-19(16-18)27-28(9,10)23(4,5)6/h11-13,16H,14-15,17H2,1-10H3/b21-20-. The second-order valence-electron chi connectivity index (χ2n) is 9.70. The first-order valence-electron chi connectivity index (χ1n) is 9.97. The van der Waals surface area contributed by atoms with Gasteiger partial charge in [0.1, 0.15) is 11.5 Å². The quantitative estimate of drug-likeness (QED) is 0.279. The molecule has 0 spiro atoms. The van der Waals surface area contributed by atoms with Crippen LogP contribution in [0.1, 0.15) is 47.1 Å². The van der Waals surface area contributed by atoms with Gasteiger partial charge in [-0.25, -0.2) is 0 Å². The van der Waals surface area contributed by atoms with Crippen LogP contribution in [-0.4, -0.2) is 42.4 Å². The molecule has 0 atom stereocenters. The van der Waals surface area contributed by atoms with E-state index in [1.54, 1.807) is 14.2 Å². The molecule has 0 aliphatic rings. The molecule has 0 bridgehead atoms. The van der Waals surface area contributed by atoms with Crippen LogP contribution >= 0.6 is 0 Å². The Labute approximate surface area is 173 Å². The van der Waals surface area contributed by atoms with E-state index < -0.39 is 8.32 Å². The zero-order chi connectivity index (χ0) is 21.6. The Morgan fingerprint density at radius 1 is 0.964 bits per heavy atom. The fraction of sp³-hybridized carbons (Fsp3) is 0.652. The van der Waals surface area contributed by atoms with Crippen molar-refractivity contribution in [1.29, 1.82) is 0 Å². The summed E-state index contributed by atoms with van der Waals surface area (Å²) in [4.78, 5) is 0. The molecular formula is C23H40O4Si. The van der Waals surface area contributed by atoms with Crippen LogP contribution in [0.5, 0.6) is 5.75 Å². The van der Waals surface area contributed by atoms with Gasteiger partial charge in [-0.2, -0.15) is 0 Å². The van der Waals surface area contributed by atoms with Gasteiger partial charge in [-0.15, -0.1) is 0 Å². The molecule has 160 valence electrons. The van der Waals surface area contributed by atoms with Crippen molar-refractivity contribution < 1.29 is 18.6 Å². The Kier molecular flexibility index (Phi) is 8.79. The van der Waals surface area contributed by atoms with Crippen molar-refractivity contribution in [3.63, 3.8) is 0 Å². The van der Waals surface area contributed by atoms with E-state index in [2.05, 4.69) is 66.8 Å². The summed E-state index contributed by atoms with van der Waals surface area (Å²) in [5.41, 5.74) is 2.05. The van der Waals surface area contributed by atoms with E-state index in [1.165, 1.54) is 0 Å². The molecule has 0 saturated carbocycles. The number of ether oxygens (including phenoxy) is 3. The summed E-state index contributed by atoms with van der Waals surface area (Å²) >= 11 is 0. The van der Waals surface area contributed by atoms with Gasteiger partial charge in [0, 0.05) is 18.2 Å². The lowest BCUT2D eigenvalue weighted by atomic mass is 9.84. The van der Waals surface area contributed by atoms with Gasteiger partial charge in [0.2, 0.25) is 8.32 Å². The third-order valence-corrected chi connectivity index (χ3v) is 9.70. The first-order valence-corrected chi connectivity index (χ1v) is 12.9. The Morgan fingerprint density at radius 3 is 2.11 bits per heavy atom. The van der Waals surface area contributed by atoms with Crippen molar-refractivity contribution in [2.45, 2.75) is 59.7 Å². The van der Waals surface area contributed by atoms with Gasteiger partial charge in [0.15, 0.2) is 0 Å². The number of hydrogen-bond acceptors (Lipinski definition) is 4. The second kappa shape index (κ2) is 9.95. The highest BCUT2D eigenvalue weighted by Crippen LogP contribution is 2.39. The molecule has 1 aromatic rings. The van der Waals surface area contributed by atoms with E-state index in [9.17, 15) is 0 Å².